The lowest BCUT2D eigenvalue weighted by atomic mass is 9.93. The van der Waals surface area contributed by atoms with Crippen molar-refractivity contribution in [2.75, 3.05) is 0 Å². The maximum atomic E-state index is 2.81. The van der Waals surface area contributed by atoms with Crippen LogP contribution in [0.15, 0.2) is 0 Å². The molecule has 78 valence electrons. The SMILES string of the molecule is C[SiH2]N(C1CCCCC1)C(C)(C)C. The van der Waals surface area contributed by atoms with Gasteiger partial charge in [-0.3, -0.25) is 0 Å². The normalized spacial score (nSPS) is 21.9. The first-order valence-electron chi connectivity index (χ1n) is 5.82. The summed E-state index contributed by atoms with van der Waals surface area (Å²) in [6, 6.07) is 0.922. The zero-order chi connectivity index (χ0) is 9.90. The minimum atomic E-state index is 0.0123. The average molecular weight is 199 g/mol. The monoisotopic (exact) mass is 199 g/mol. The van der Waals surface area contributed by atoms with Crippen LogP contribution in [-0.4, -0.2) is 25.8 Å². The van der Waals surface area contributed by atoms with Gasteiger partial charge in [0.05, 0.1) is 9.68 Å². The molecule has 0 heterocycles. The number of rotatable bonds is 2. The van der Waals surface area contributed by atoms with E-state index in [4.69, 9.17) is 0 Å². The van der Waals surface area contributed by atoms with E-state index in [9.17, 15) is 0 Å². The summed E-state index contributed by atoms with van der Waals surface area (Å²) in [5.74, 6) is 0. The molecule has 13 heavy (non-hydrogen) atoms. The molecule has 0 radical (unpaired) electrons. The molecule has 0 spiro atoms. The van der Waals surface area contributed by atoms with Gasteiger partial charge in [0.1, 0.15) is 0 Å². The van der Waals surface area contributed by atoms with Crippen LogP contribution >= 0.6 is 0 Å². The predicted molar refractivity (Wildman–Crippen MR) is 62.9 cm³/mol. The summed E-state index contributed by atoms with van der Waals surface area (Å²) in [4.78, 5) is 0. The van der Waals surface area contributed by atoms with Crippen molar-refractivity contribution >= 4 is 9.68 Å². The van der Waals surface area contributed by atoms with E-state index < -0.39 is 0 Å². The van der Waals surface area contributed by atoms with E-state index in [0.717, 1.165) is 6.04 Å². The van der Waals surface area contributed by atoms with Crippen LogP contribution in [0.25, 0.3) is 0 Å². The summed E-state index contributed by atoms with van der Waals surface area (Å²) in [6.45, 7) is 9.55. The van der Waals surface area contributed by atoms with Crippen LogP contribution in [-0.2, 0) is 0 Å². The highest BCUT2D eigenvalue weighted by Crippen LogP contribution is 2.27. The molecule has 0 N–H and O–H groups in total. The first kappa shape index (κ1) is 11.3. The molecule has 0 aromatic carbocycles. The van der Waals surface area contributed by atoms with E-state index in [1.807, 2.05) is 0 Å². The Kier molecular flexibility index (Phi) is 3.99. The molecule has 0 amide bonds. The number of hydrogen-bond acceptors (Lipinski definition) is 1. The quantitative estimate of drug-likeness (QED) is 0.618. The minimum Gasteiger partial charge on any atom is -0.322 e. The van der Waals surface area contributed by atoms with Crippen LogP contribution in [0.5, 0.6) is 0 Å². The molecule has 1 rings (SSSR count). The van der Waals surface area contributed by atoms with Crippen molar-refractivity contribution in [2.24, 2.45) is 0 Å². The molecule has 0 unspecified atom stereocenters. The fraction of sp³-hybridized carbons (Fsp3) is 1.00. The molecule has 1 fully saturated rings. The summed E-state index contributed by atoms with van der Waals surface area (Å²) in [5, 5.41) is 0. The molecular weight excluding hydrogens is 174 g/mol. The first-order valence-corrected chi connectivity index (χ1v) is 7.87. The maximum Gasteiger partial charge on any atom is 0.0929 e. The van der Waals surface area contributed by atoms with E-state index in [0.29, 0.717) is 5.54 Å². The van der Waals surface area contributed by atoms with E-state index in [1.165, 1.54) is 32.1 Å². The third kappa shape index (κ3) is 3.10. The lowest BCUT2D eigenvalue weighted by Gasteiger charge is -2.43. The number of hydrogen-bond donors (Lipinski definition) is 0. The topological polar surface area (TPSA) is 3.24 Å². The second-order valence-corrected chi connectivity index (χ2v) is 6.56. The molecule has 0 aromatic rings. The summed E-state index contributed by atoms with van der Waals surface area (Å²) in [6.07, 6.45) is 7.31. The Morgan fingerprint density at radius 1 is 1.08 bits per heavy atom. The van der Waals surface area contributed by atoms with Crippen molar-refractivity contribution in [2.45, 2.75) is 71.0 Å². The van der Waals surface area contributed by atoms with Gasteiger partial charge < -0.3 is 4.57 Å². The van der Waals surface area contributed by atoms with Crippen LogP contribution in [0.1, 0.15) is 52.9 Å². The van der Waals surface area contributed by atoms with Crippen molar-refractivity contribution in [3.8, 4) is 0 Å². The first-order chi connectivity index (χ1) is 6.05. The summed E-state index contributed by atoms with van der Waals surface area (Å²) >= 11 is 0. The third-order valence-electron chi connectivity index (χ3n) is 3.22. The molecule has 0 aliphatic heterocycles. The van der Waals surface area contributed by atoms with E-state index in [2.05, 4.69) is 31.9 Å². The summed E-state index contributed by atoms with van der Waals surface area (Å²) < 4.78 is 2.81. The molecule has 1 aliphatic carbocycles. The Hall–Kier alpha value is 0.177. The third-order valence-corrected chi connectivity index (χ3v) is 5.36. The van der Waals surface area contributed by atoms with Gasteiger partial charge in [0.25, 0.3) is 0 Å². The Morgan fingerprint density at radius 2 is 1.62 bits per heavy atom. The predicted octanol–water partition coefficient (Wildman–Crippen LogP) is 2.55. The zero-order valence-electron chi connectivity index (χ0n) is 9.77. The lowest BCUT2D eigenvalue weighted by molar-refractivity contribution is 0.156. The molecule has 0 aromatic heterocycles. The van der Waals surface area contributed by atoms with Gasteiger partial charge in [-0.1, -0.05) is 25.8 Å². The van der Waals surface area contributed by atoms with Gasteiger partial charge in [-0.05, 0) is 33.6 Å². The van der Waals surface area contributed by atoms with E-state index >= 15 is 0 Å². The van der Waals surface area contributed by atoms with Crippen LogP contribution in [0.4, 0.5) is 0 Å². The van der Waals surface area contributed by atoms with E-state index in [-0.39, 0.29) is 9.68 Å². The van der Waals surface area contributed by atoms with Crippen LogP contribution in [0.2, 0.25) is 6.55 Å². The van der Waals surface area contributed by atoms with Gasteiger partial charge >= 0.3 is 0 Å². The Bertz CT molecular complexity index is 145. The van der Waals surface area contributed by atoms with Gasteiger partial charge in [0, 0.05) is 11.6 Å². The van der Waals surface area contributed by atoms with Gasteiger partial charge in [-0.15, -0.1) is 0 Å². The van der Waals surface area contributed by atoms with Crippen molar-refractivity contribution in [3.05, 3.63) is 0 Å². The molecule has 0 atom stereocenters. The highest BCUT2D eigenvalue weighted by atomic mass is 28.2. The second kappa shape index (κ2) is 4.60. The van der Waals surface area contributed by atoms with Crippen LogP contribution < -0.4 is 0 Å². The molecule has 1 nitrogen and oxygen atoms in total. The van der Waals surface area contributed by atoms with Gasteiger partial charge in [0.15, 0.2) is 0 Å². The smallest absolute Gasteiger partial charge is 0.0929 e. The Labute approximate surface area is 85.8 Å². The maximum absolute atomic E-state index is 2.81. The summed E-state index contributed by atoms with van der Waals surface area (Å²) in [7, 11) is 0.0123. The Morgan fingerprint density at radius 3 is 2.00 bits per heavy atom. The average Bonchev–Trinajstić information content (AvgIpc) is 2.05. The van der Waals surface area contributed by atoms with Gasteiger partial charge in [0.2, 0.25) is 0 Å². The fourth-order valence-electron chi connectivity index (χ4n) is 2.67. The summed E-state index contributed by atoms with van der Waals surface area (Å²) in [5.41, 5.74) is 0.420. The number of nitrogens with zero attached hydrogens (tertiary/aromatic N) is 1. The van der Waals surface area contributed by atoms with Crippen LogP contribution in [0.3, 0.4) is 0 Å². The largest absolute Gasteiger partial charge is 0.322 e. The van der Waals surface area contributed by atoms with Crippen molar-refractivity contribution in [3.63, 3.8) is 0 Å². The zero-order valence-corrected chi connectivity index (χ0v) is 11.2. The van der Waals surface area contributed by atoms with Gasteiger partial charge in [-0.2, -0.15) is 0 Å². The molecule has 1 aliphatic rings. The molecule has 2 heteroatoms. The lowest BCUT2D eigenvalue weighted by Crippen LogP contribution is -2.50. The second-order valence-electron chi connectivity index (χ2n) is 5.25. The van der Waals surface area contributed by atoms with Gasteiger partial charge in [-0.25, -0.2) is 0 Å². The molecule has 0 bridgehead atoms. The Balaban J connectivity index is 2.54. The van der Waals surface area contributed by atoms with Crippen molar-refractivity contribution < 1.29 is 0 Å². The molecular formula is C11H25NSi. The van der Waals surface area contributed by atoms with E-state index in [1.54, 1.807) is 0 Å². The standard InChI is InChI=1S/C11H25NSi/c1-11(2,3)12(13-4)10-8-6-5-7-9-10/h10H,5-9,13H2,1-4H3. The molecule has 1 saturated carbocycles. The fourth-order valence-corrected chi connectivity index (χ4v) is 4.50. The van der Waals surface area contributed by atoms with Crippen molar-refractivity contribution in [1.29, 1.82) is 0 Å². The highest BCUT2D eigenvalue weighted by Gasteiger charge is 2.27. The highest BCUT2D eigenvalue weighted by molar-refractivity contribution is 6.30. The molecule has 0 saturated heterocycles. The van der Waals surface area contributed by atoms with Crippen LogP contribution in [0, 0.1) is 0 Å². The van der Waals surface area contributed by atoms with Crippen molar-refractivity contribution in [1.82, 2.24) is 4.57 Å². The minimum absolute atomic E-state index is 0.0123.